The molecule has 1 aliphatic rings. The molecular formula is C14H21FN2. The van der Waals surface area contributed by atoms with Crippen LogP contribution in [0, 0.1) is 5.82 Å². The molecule has 3 heteroatoms. The second-order valence-electron chi connectivity index (χ2n) is 4.70. The van der Waals surface area contributed by atoms with Crippen molar-refractivity contribution in [2.45, 2.75) is 39.3 Å². The van der Waals surface area contributed by atoms with E-state index in [4.69, 9.17) is 0 Å². The predicted octanol–water partition coefficient (Wildman–Crippen LogP) is 2.92. The molecule has 0 aromatic heterocycles. The minimum absolute atomic E-state index is 0.0949. The van der Waals surface area contributed by atoms with Gasteiger partial charge in [-0.15, -0.1) is 0 Å². The summed E-state index contributed by atoms with van der Waals surface area (Å²) in [5.41, 5.74) is 1.87. The van der Waals surface area contributed by atoms with E-state index in [1.54, 1.807) is 6.07 Å². The number of hydrogen-bond donors (Lipinski definition) is 1. The Bertz CT molecular complexity index is 378. The summed E-state index contributed by atoms with van der Waals surface area (Å²) in [6, 6.07) is 5.93. The van der Waals surface area contributed by atoms with Crippen LogP contribution in [0.3, 0.4) is 0 Å². The molecule has 2 nitrogen and oxygen atoms in total. The van der Waals surface area contributed by atoms with E-state index in [9.17, 15) is 4.39 Å². The number of hydrogen-bond acceptors (Lipinski definition) is 2. The lowest BCUT2D eigenvalue weighted by molar-refractivity contribution is 0.590. The third kappa shape index (κ3) is 2.60. The van der Waals surface area contributed by atoms with Crippen molar-refractivity contribution in [3.05, 3.63) is 29.6 Å². The normalized spacial score (nSPS) is 19.9. The van der Waals surface area contributed by atoms with Crippen molar-refractivity contribution in [1.29, 1.82) is 0 Å². The molecule has 1 aromatic carbocycles. The quantitative estimate of drug-likeness (QED) is 0.864. The third-order valence-corrected chi connectivity index (χ3v) is 3.51. The van der Waals surface area contributed by atoms with E-state index in [0.717, 1.165) is 24.3 Å². The van der Waals surface area contributed by atoms with Crippen molar-refractivity contribution in [3.63, 3.8) is 0 Å². The fourth-order valence-electron chi connectivity index (χ4n) is 2.53. The van der Waals surface area contributed by atoms with Gasteiger partial charge in [-0.1, -0.05) is 13.0 Å². The molecule has 17 heavy (non-hydrogen) atoms. The molecule has 1 N–H and O–H groups in total. The van der Waals surface area contributed by atoms with Crippen molar-refractivity contribution in [2.24, 2.45) is 0 Å². The summed E-state index contributed by atoms with van der Waals surface area (Å²) >= 11 is 0. The average molecular weight is 236 g/mol. The van der Waals surface area contributed by atoms with Crippen LogP contribution >= 0.6 is 0 Å². The van der Waals surface area contributed by atoms with Gasteiger partial charge in [0.25, 0.3) is 0 Å². The summed E-state index contributed by atoms with van der Waals surface area (Å²) in [6.07, 6.45) is 2.41. The highest BCUT2D eigenvalue weighted by molar-refractivity contribution is 5.55. The van der Waals surface area contributed by atoms with Crippen molar-refractivity contribution in [2.75, 3.05) is 18.0 Å². The molecule has 1 aliphatic heterocycles. The van der Waals surface area contributed by atoms with E-state index in [1.165, 1.54) is 12.8 Å². The SMILES string of the molecule is CCNCc1c(F)cccc1N1CCCC1C. The molecule has 0 aliphatic carbocycles. The Morgan fingerprint density at radius 3 is 2.94 bits per heavy atom. The van der Waals surface area contributed by atoms with Crippen molar-refractivity contribution >= 4 is 5.69 Å². The fourth-order valence-corrected chi connectivity index (χ4v) is 2.53. The van der Waals surface area contributed by atoms with Gasteiger partial charge in [-0.05, 0) is 38.4 Å². The van der Waals surface area contributed by atoms with Crippen LogP contribution in [0.5, 0.6) is 0 Å². The fraction of sp³-hybridized carbons (Fsp3) is 0.571. The molecule has 0 bridgehead atoms. The summed E-state index contributed by atoms with van der Waals surface area (Å²) in [7, 11) is 0. The van der Waals surface area contributed by atoms with Crippen LogP contribution in [0.2, 0.25) is 0 Å². The zero-order chi connectivity index (χ0) is 12.3. The predicted molar refractivity (Wildman–Crippen MR) is 69.8 cm³/mol. The Morgan fingerprint density at radius 1 is 1.47 bits per heavy atom. The zero-order valence-corrected chi connectivity index (χ0v) is 10.7. The van der Waals surface area contributed by atoms with Crippen LogP contribution in [-0.2, 0) is 6.54 Å². The number of nitrogens with zero attached hydrogens (tertiary/aromatic N) is 1. The molecule has 0 spiro atoms. The topological polar surface area (TPSA) is 15.3 Å². The van der Waals surface area contributed by atoms with E-state index in [0.29, 0.717) is 12.6 Å². The number of nitrogens with one attached hydrogen (secondary N) is 1. The number of halogens is 1. The van der Waals surface area contributed by atoms with Gasteiger partial charge in [0, 0.05) is 30.4 Å². The van der Waals surface area contributed by atoms with E-state index >= 15 is 0 Å². The Balaban J connectivity index is 2.28. The molecule has 1 fully saturated rings. The van der Waals surface area contributed by atoms with Crippen LogP contribution in [0.25, 0.3) is 0 Å². The Hall–Kier alpha value is -1.09. The van der Waals surface area contributed by atoms with Gasteiger partial charge in [0.15, 0.2) is 0 Å². The van der Waals surface area contributed by atoms with Gasteiger partial charge in [-0.25, -0.2) is 4.39 Å². The highest BCUT2D eigenvalue weighted by Gasteiger charge is 2.23. The zero-order valence-electron chi connectivity index (χ0n) is 10.7. The lowest BCUT2D eigenvalue weighted by Gasteiger charge is -2.26. The lowest BCUT2D eigenvalue weighted by atomic mass is 10.1. The van der Waals surface area contributed by atoms with Gasteiger partial charge in [0.2, 0.25) is 0 Å². The maximum atomic E-state index is 13.9. The first kappa shape index (κ1) is 12.4. The number of benzene rings is 1. The van der Waals surface area contributed by atoms with Crippen molar-refractivity contribution in [3.8, 4) is 0 Å². The standard InChI is InChI=1S/C14H21FN2/c1-3-16-10-12-13(15)7-4-8-14(12)17-9-5-6-11(17)2/h4,7-8,11,16H,3,5-6,9-10H2,1-2H3. The monoisotopic (exact) mass is 236 g/mol. The Morgan fingerprint density at radius 2 is 2.29 bits per heavy atom. The second-order valence-corrected chi connectivity index (χ2v) is 4.70. The maximum absolute atomic E-state index is 13.9. The van der Waals surface area contributed by atoms with E-state index in [1.807, 2.05) is 19.1 Å². The third-order valence-electron chi connectivity index (χ3n) is 3.51. The summed E-state index contributed by atoms with van der Waals surface area (Å²) < 4.78 is 13.9. The first-order chi connectivity index (χ1) is 8.24. The average Bonchev–Trinajstić information content (AvgIpc) is 2.73. The van der Waals surface area contributed by atoms with Gasteiger partial charge < -0.3 is 10.2 Å². The first-order valence-electron chi connectivity index (χ1n) is 6.48. The minimum atomic E-state index is -0.0949. The van der Waals surface area contributed by atoms with Crippen LogP contribution < -0.4 is 10.2 Å². The summed E-state index contributed by atoms with van der Waals surface area (Å²) in [5.74, 6) is -0.0949. The molecule has 0 saturated carbocycles. The van der Waals surface area contributed by atoms with Gasteiger partial charge in [-0.2, -0.15) is 0 Å². The molecule has 0 radical (unpaired) electrons. The van der Waals surface area contributed by atoms with E-state index in [2.05, 4.69) is 17.1 Å². The molecule has 1 heterocycles. The minimum Gasteiger partial charge on any atom is -0.368 e. The van der Waals surface area contributed by atoms with Crippen molar-refractivity contribution in [1.82, 2.24) is 5.32 Å². The number of rotatable bonds is 4. The molecule has 2 rings (SSSR count). The highest BCUT2D eigenvalue weighted by Crippen LogP contribution is 2.29. The smallest absolute Gasteiger partial charge is 0.129 e. The van der Waals surface area contributed by atoms with Crippen LogP contribution in [0.1, 0.15) is 32.3 Å². The molecule has 1 aromatic rings. The van der Waals surface area contributed by atoms with E-state index < -0.39 is 0 Å². The lowest BCUT2D eigenvalue weighted by Crippen LogP contribution is -2.28. The molecule has 0 amide bonds. The van der Waals surface area contributed by atoms with E-state index in [-0.39, 0.29) is 5.82 Å². The van der Waals surface area contributed by atoms with Crippen LogP contribution in [-0.4, -0.2) is 19.1 Å². The Labute approximate surface area is 103 Å². The van der Waals surface area contributed by atoms with Crippen LogP contribution in [0.15, 0.2) is 18.2 Å². The second kappa shape index (κ2) is 5.50. The maximum Gasteiger partial charge on any atom is 0.129 e. The summed E-state index contributed by atoms with van der Waals surface area (Å²) in [4.78, 5) is 2.33. The van der Waals surface area contributed by atoms with Crippen LogP contribution in [0.4, 0.5) is 10.1 Å². The largest absolute Gasteiger partial charge is 0.368 e. The van der Waals surface area contributed by atoms with Gasteiger partial charge in [0.1, 0.15) is 5.82 Å². The summed E-state index contributed by atoms with van der Waals surface area (Å²) in [6.45, 7) is 6.78. The van der Waals surface area contributed by atoms with Gasteiger partial charge >= 0.3 is 0 Å². The molecule has 1 atom stereocenters. The molecular weight excluding hydrogens is 215 g/mol. The van der Waals surface area contributed by atoms with Gasteiger partial charge in [0.05, 0.1) is 0 Å². The molecule has 94 valence electrons. The molecule has 1 unspecified atom stereocenters. The first-order valence-corrected chi connectivity index (χ1v) is 6.48. The highest BCUT2D eigenvalue weighted by atomic mass is 19.1. The van der Waals surface area contributed by atoms with Gasteiger partial charge in [-0.3, -0.25) is 0 Å². The summed E-state index contributed by atoms with van der Waals surface area (Å²) in [5, 5.41) is 3.22. The number of anilines is 1. The Kier molecular flexibility index (Phi) is 4.00. The van der Waals surface area contributed by atoms with Crippen molar-refractivity contribution < 1.29 is 4.39 Å². The molecule has 1 saturated heterocycles.